The molecule has 1 aromatic heterocycles. The number of hydrogen-bond acceptors (Lipinski definition) is 4. The quantitative estimate of drug-likeness (QED) is 0.888. The maximum Gasteiger partial charge on any atom is 0.225 e. The number of hydrogen-bond donors (Lipinski definition) is 1. The van der Waals surface area contributed by atoms with Crippen LogP contribution in [0, 0.1) is 0 Å². The summed E-state index contributed by atoms with van der Waals surface area (Å²) in [6.07, 6.45) is 5.08. The molecule has 132 valence electrons. The number of carbonyl (C=O) groups is 1. The van der Waals surface area contributed by atoms with Gasteiger partial charge in [0, 0.05) is 16.8 Å². The normalized spacial score (nSPS) is 18.1. The number of thiophene rings is 1. The summed E-state index contributed by atoms with van der Waals surface area (Å²) in [6, 6.07) is 10.3. The zero-order valence-corrected chi connectivity index (χ0v) is 15.1. The van der Waals surface area contributed by atoms with E-state index < -0.39 is 0 Å². The molecule has 2 aromatic rings. The van der Waals surface area contributed by atoms with Crippen LogP contribution in [0.3, 0.4) is 0 Å². The molecule has 0 spiro atoms. The van der Waals surface area contributed by atoms with Gasteiger partial charge in [-0.2, -0.15) is 0 Å². The van der Waals surface area contributed by atoms with Crippen LogP contribution in [0.4, 0.5) is 0 Å². The third-order valence-corrected chi connectivity index (χ3v) is 6.13. The summed E-state index contributed by atoms with van der Waals surface area (Å²) in [4.78, 5) is 13.4. The zero-order chi connectivity index (χ0) is 17.1. The fraction of sp³-hybridized carbons (Fsp3) is 0.450. The van der Waals surface area contributed by atoms with Crippen LogP contribution >= 0.6 is 11.3 Å². The molecule has 0 bridgehead atoms. The molecule has 1 saturated carbocycles. The summed E-state index contributed by atoms with van der Waals surface area (Å²) < 4.78 is 11.4. The summed E-state index contributed by atoms with van der Waals surface area (Å²) in [5, 5.41) is 5.19. The molecule has 2 heterocycles. The lowest BCUT2D eigenvalue weighted by Crippen LogP contribution is -2.39. The van der Waals surface area contributed by atoms with Gasteiger partial charge >= 0.3 is 0 Å². The van der Waals surface area contributed by atoms with E-state index in [1.54, 1.807) is 11.3 Å². The van der Waals surface area contributed by atoms with E-state index in [0.717, 1.165) is 29.2 Å². The molecule has 5 heteroatoms. The Kier molecular flexibility index (Phi) is 4.66. The molecule has 1 N–H and O–H groups in total. The van der Waals surface area contributed by atoms with Crippen molar-refractivity contribution in [1.29, 1.82) is 0 Å². The van der Waals surface area contributed by atoms with E-state index in [0.29, 0.717) is 26.2 Å². The van der Waals surface area contributed by atoms with Crippen molar-refractivity contribution in [1.82, 2.24) is 5.32 Å². The van der Waals surface area contributed by atoms with E-state index in [-0.39, 0.29) is 11.3 Å². The molecule has 1 aromatic carbocycles. The summed E-state index contributed by atoms with van der Waals surface area (Å²) in [5.41, 5.74) is 1.27. The van der Waals surface area contributed by atoms with Crippen molar-refractivity contribution >= 4 is 17.2 Å². The van der Waals surface area contributed by atoms with Gasteiger partial charge < -0.3 is 14.8 Å². The number of amides is 1. The lowest BCUT2D eigenvalue weighted by atomic mass is 9.78. The topological polar surface area (TPSA) is 47.6 Å². The zero-order valence-electron chi connectivity index (χ0n) is 14.3. The SMILES string of the molecule is O=C(Cc1cccs1)NCC1(c2ccc3c(c2)OCCO3)CCCC1. The Bertz CT molecular complexity index is 735. The van der Waals surface area contributed by atoms with Gasteiger partial charge in [0.15, 0.2) is 11.5 Å². The minimum Gasteiger partial charge on any atom is -0.486 e. The van der Waals surface area contributed by atoms with Gasteiger partial charge in [-0.25, -0.2) is 0 Å². The van der Waals surface area contributed by atoms with Gasteiger partial charge in [-0.05, 0) is 42.0 Å². The van der Waals surface area contributed by atoms with Gasteiger partial charge in [0.2, 0.25) is 5.91 Å². The molecule has 0 atom stereocenters. The molecule has 2 aliphatic rings. The van der Waals surface area contributed by atoms with Gasteiger partial charge in [-0.3, -0.25) is 4.79 Å². The fourth-order valence-electron chi connectivity index (χ4n) is 3.89. The highest BCUT2D eigenvalue weighted by atomic mass is 32.1. The molecule has 25 heavy (non-hydrogen) atoms. The number of rotatable bonds is 5. The molecule has 1 aliphatic carbocycles. The van der Waals surface area contributed by atoms with Crippen LogP contribution in [-0.4, -0.2) is 25.7 Å². The summed E-state index contributed by atoms with van der Waals surface area (Å²) >= 11 is 1.63. The van der Waals surface area contributed by atoms with Crippen LogP contribution in [0.25, 0.3) is 0 Å². The predicted octanol–water partition coefficient (Wildman–Crippen LogP) is 3.69. The lowest BCUT2D eigenvalue weighted by molar-refractivity contribution is -0.120. The summed E-state index contributed by atoms with van der Waals surface area (Å²) in [6.45, 7) is 1.90. The molecule has 0 unspecified atom stereocenters. The van der Waals surface area contributed by atoms with Crippen molar-refractivity contribution in [3.8, 4) is 11.5 Å². The average molecular weight is 357 g/mol. The minimum atomic E-state index is 0.0148. The molecule has 1 aliphatic heterocycles. The Morgan fingerprint density at radius 3 is 2.68 bits per heavy atom. The Labute approximate surface area is 152 Å². The number of nitrogens with one attached hydrogen (secondary N) is 1. The first-order valence-electron chi connectivity index (χ1n) is 8.94. The highest BCUT2D eigenvalue weighted by molar-refractivity contribution is 7.10. The van der Waals surface area contributed by atoms with Gasteiger partial charge in [0.05, 0.1) is 6.42 Å². The predicted molar refractivity (Wildman–Crippen MR) is 98.6 cm³/mol. The minimum absolute atomic E-state index is 0.0148. The molecule has 4 rings (SSSR count). The Morgan fingerprint density at radius 2 is 1.92 bits per heavy atom. The molecular weight excluding hydrogens is 334 g/mol. The standard InChI is InChI=1S/C20H23NO3S/c22-19(13-16-4-3-11-25-16)21-14-20(7-1-2-8-20)15-5-6-17-18(12-15)24-10-9-23-17/h3-6,11-12H,1-2,7-10,13-14H2,(H,21,22). The lowest BCUT2D eigenvalue weighted by Gasteiger charge is -2.31. The highest BCUT2D eigenvalue weighted by Gasteiger charge is 2.36. The van der Waals surface area contributed by atoms with E-state index >= 15 is 0 Å². The van der Waals surface area contributed by atoms with Gasteiger partial charge in [0.1, 0.15) is 13.2 Å². The Balaban J connectivity index is 1.49. The number of carbonyl (C=O) groups excluding carboxylic acids is 1. The molecule has 0 saturated heterocycles. The molecule has 0 radical (unpaired) electrons. The maximum absolute atomic E-state index is 12.3. The van der Waals surface area contributed by atoms with Crippen LogP contribution in [0.5, 0.6) is 11.5 Å². The molecule has 1 amide bonds. The second-order valence-corrected chi connectivity index (χ2v) is 7.91. The fourth-order valence-corrected chi connectivity index (χ4v) is 4.60. The van der Waals surface area contributed by atoms with E-state index in [9.17, 15) is 4.79 Å². The second kappa shape index (κ2) is 7.08. The molecule has 1 fully saturated rings. The number of ether oxygens (including phenoxy) is 2. The van der Waals surface area contributed by atoms with Crippen LogP contribution in [0.15, 0.2) is 35.7 Å². The van der Waals surface area contributed by atoms with Crippen molar-refractivity contribution in [3.63, 3.8) is 0 Å². The third kappa shape index (κ3) is 3.52. The smallest absolute Gasteiger partial charge is 0.225 e. The van der Waals surface area contributed by atoms with Crippen LogP contribution < -0.4 is 14.8 Å². The molecule has 4 nitrogen and oxygen atoms in total. The van der Waals surface area contributed by atoms with Crippen LogP contribution in [-0.2, 0) is 16.6 Å². The summed E-state index contributed by atoms with van der Waals surface area (Å²) in [7, 11) is 0. The summed E-state index contributed by atoms with van der Waals surface area (Å²) in [5.74, 6) is 1.76. The first-order chi connectivity index (χ1) is 12.3. The maximum atomic E-state index is 12.3. The van der Waals surface area contributed by atoms with E-state index in [2.05, 4.69) is 17.4 Å². The first-order valence-corrected chi connectivity index (χ1v) is 9.82. The monoisotopic (exact) mass is 357 g/mol. The van der Waals surface area contributed by atoms with Gasteiger partial charge in [-0.15, -0.1) is 11.3 Å². The second-order valence-electron chi connectivity index (χ2n) is 6.88. The largest absolute Gasteiger partial charge is 0.486 e. The van der Waals surface area contributed by atoms with E-state index in [4.69, 9.17) is 9.47 Å². The van der Waals surface area contributed by atoms with E-state index in [1.807, 2.05) is 23.6 Å². The number of benzene rings is 1. The van der Waals surface area contributed by atoms with Crippen molar-refractivity contribution in [2.75, 3.05) is 19.8 Å². The Morgan fingerprint density at radius 1 is 1.12 bits per heavy atom. The highest BCUT2D eigenvalue weighted by Crippen LogP contribution is 2.43. The first kappa shape index (κ1) is 16.5. The average Bonchev–Trinajstić information content (AvgIpc) is 3.32. The Hall–Kier alpha value is -2.01. The van der Waals surface area contributed by atoms with Crippen molar-refractivity contribution < 1.29 is 14.3 Å². The van der Waals surface area contributed by atoms with Gasteiger partial charge in [0.25, 0.3) is 0 Å². The number of fused-ring (bicyclic) bond motifs is 1. The van der Waals surface area contributed by atoms with Crippen molar-refractivity contribution in [2.45, 2.75) is 37.5 Å². The van der Waals surface area contributed by atoms with Crippen molar-refractivity contribution in [2.24, 2.45) is 0 Å². The van der Waals surface area contributed by atoms with Crippen LogP contribution in [0.2, 0.25) is 0 Å². The van der Waals surface area contributed by atoms with Gasteiger partial charge in [-0.1, -0.05) is 25.0 Å². The van der Waals surface area contributed by atoms with E-state index in [1.165, 1.54) is 18.4 Å². The van der Waals surface area contributed by atoms with Crippen LogP contribution in [0.1, 0.15) is 36.1 Å². The van der Waals surface area contributed by atoms with Crippen molar-refractivity contribution in [3.05, 3.63) is 46.2 Å². The third-order valence-electron chi connectivity index (χ3n) is 5.25. The molecular formula is C20H23NO3S.